The second-order valence-electron chi connectivity index (χ2n) is 3.85. The van der Waals surface area contributed by atoms with Gasteiger partial charge in [0.2, 0.25) is 0 Å². The maximum absolute atomic E-state index is 5.12. The van der Waals surface area contributed by atoms with E-state index in [1.54, 1.807) is 7.11 Å². The average Bonchev–Trinajstić information content (AvgIpc) is 2.47. The quantitative estimate of drug-likeness (QED) is 0.687. The van der Waals surface area contributed by atoms with E-state index in [-0.39, 0.29) is 0 Å². The number of para-hydroxylation sites is 1. The van der Waals surface area contributed by atoms with Gasteiger partial charge in [-0.25, -0.2) is 4.98 Å². The summed E-state index contributed by atoms with van der Waals surface area (Å²) in [5, 5.41) is 8.29. The average molecular weight is 237 g/mol. The Morgan fingerprint density at radius 2 is 1.56 bits per heavy atom. The minimum absolute atomic E-state index is 0.622. The van der Waals surface area contributed by atoms with Gasteiger partial charge in [0, 0.05) is 5.56 Å². The Morgan fingerprint density at radius 3 is 2.28 bits per heavy atom. The molecule has 0 bridgehead atoms. The number of rotatable bonds is 2. The topological polar surface area (TPSA) is 47.9 Å². The predicted octanol–water partition coefficient (Wildman–Crippen LogP) is 2.70. The van der Waals surface area contributed by atoms with Gasteiger partial charge in [-0.05, 0) is 36.4 Å². The zero-order valence-electron chi connectivity index (χ0n) is 9.87. The van der Waals surface area contributed by atoms with Crippen molar-refractivity contribution < 1.29 is 4.74 Å². The summed E-state index contributed by atoms with van der Waals surface area (Å²) in [6, 6.07) is 15.3. The highest BCUT2D eigenvalue weighted by Crippen LogP contribution is 2.19. The third-order valence-electron chi connectivity index (χ3n) is 2.71. The lowest BCUT2D eigenvalue weighted by atomic mass is 10.2. The first-order valence-corrected chi connectivity index (χ1v) is 5.61. The van der Waals surface area contributed by atoms with Gasteiger partial charge < -0.3 is 4.74 Å². The van der Waals surface area contributed by atoms with Gasteiger partial charge >= 0.3 is 0 Å². The van der Waals surface area contributed by atoms with Crippen molar-refractivity contribution in [3.8, 4) is 17.1 Å². The van der Waals surface area contributed by atoms with Crippen LogP contribution in [0.1, 0.15) is 0 Å². The first-order chi connectivity index (χ1) is 8.86. The fourth-order valence-electron chi connectivity index (χ4n) is 1.74. The largest absolute Gasteiger partial charge is 0.497 e. The van der Waals surface area contributed by atoms with Crippen LogP contribution >= 0.6 is 0 Å². The summed E-state index contributed by atoms with van der Waals surface area (Å²) in [6.07, 6.45) is 0. The van der Waals surface area contributed by atoms with Crippen molar-refractivity contribution >= 4 is 11.0 Å². The Labute approximate surface area is 104 Å². The number of benzene rings is 2. The van der Waals surface area contributed by atoms with Crippen molar-refractivity contribution in [1.29, 1.82) is 0 Å². The van der Waals surface area contributed by atoms with E-state index in [1.165, 1.54) is 0 Å². The molecule has 1 heterocycles. The number of aromatic nitrogens is 3. The van der Waals surface area contributed by atoms with Crippen molar-refractivity contribution in [3.63, 3.8) is 0 Å². The third kappa shape index (κ3) is 1.88. The number of hydrogen-bond acceptors (Lipinski definition) is 4. The van der Waals surface area contributed by atoms with E-state index in [9.17, 15) is 0 Å². The molecule has 3 rings (SSSR count). The molecule has 0 atom stereocenters. The molecule has 0 fully saturated rings. The molecular weight excluding hydrogens is 226 g/mol. The molecule has 0 saturated heterocycles. The van der Waals surface area contributed by atoms with Crippen molar-refractivity contribution in [2.45, 2.75) is 0 Å². The molecule has 0 spiro atoms. The highest BCUT2D eigenvalue weighted by molar-refractivity contribution is 5.75. The molecular formula is C14H11N3O. The lowest BCUT2D eigenvalue weighted by molar-refractivity contribution is 0.415. The van der Waals surface area contributed by atoms with E-state index in [2.05, 4.69) is 15.2 Å². The minimum atomic E-state index is 0.622. The molecule has 18 heavy (non-hydrogen) atoms. The van der Waals surface area contributed by atoms with Gasteiger partial charge in [0.1, 0.15) is 11.3 Å². The van der Waals surface area contributed by atoms with Crippen LogP contribution < -0.4 is 4.74 Å². The third-order valence-corrected chi connectivity index (χ3v) is 2.71. The lowest BCUT2D eigenvalue weighted by Crippen LogP contribution is -1.93. The van der Waals surface area contributed by atoms with E-state index < -0.39 is 0 Å². The molecule has 0 aliphatic carbocycles. The molecule has 0 radical (unpaired) electrons. The minimum Gasteiger partial charge on any atom is -0.497 e. The van der Waals surface area contributed by atoms with Crippen molar-refractivity contribution in [2.75, 3.05) is 7.11 Å². The molecule has 1 aromatic heterocycles. The van der Waals surface area contributed by atoms with Gasteiger partial charge in [0.15, 0.2) is 5.82 Å². The van der Waals surface area contributed by atoms with Gasteiger partial charge in [-0.2, -0.15) is 0 Å². The first-order valence-electron chi connectivity index (χ1n) is 5.61. The first kappa shape index (κ1) is 10.7. The van der Waals surface area contributed by atoms with Gasteiger partial charge in [-0.1, -0.05) is 12.1 Å². The fourth-order valence-corrected chi connectivity index (χ4v) is 1.74. The molecule has 88 valence electrons. The van der Waals surface area contributed by atoms with Gasteiger partial charge in [0.25, 0.3) is 0 Å². The van der Waals surface area contributed by atoms with Gasteiger partial charge in [0.05, 0.1) is 12.6 Å². The molecule has 4 nitrogen and oxygen atoms in total. The monoisotopic (exact) mass is 237 g/mol. The standard InChI is InChI=1S/C14H11N3O/c1-18-11-8-6-10(7-9-11)14-15-12-4-2-3-5-13(12)16-17-14/h2-9H,1H3. The Kier molecular flexibility index (Phi) is 2.61. The number of fused-ring (bicyclic) bond motifs is 1. The maximum Gasteiger partial charge on any atom is 0.182 e. The van der Waals surface area contributed by atoms with Crippen LogP contribution in [0.25, 0.3) is 22.4 Å². The van der Waals surface area contributed by atoms with E-state index in [0.29, 0.717) is 5.82 Å². The van der Waals surface area contributed by atoms with Gasteiger partial charge in [-0.15, -0.1) is 10.2 Å². The van der Waals surface area contributed by atoms with Gasteiger partial charge in [-0.3, -0.25) is 0 Å². The van der Waals surface area contributed by atoms with Crippen LogP contribution in [0.4, 0.5) is 0 Å². The summed E-state index contributed by atoms with van der Waals surface area (Å²) in [4.78, 5) is 4.49. The van der Waals surface area contributed by atoms with Crippen LogP contribution in [-0.2, 0) is 0 Å². The Hall–Kier alpha value is -2.49. The summed E-state index contributed by atoms with van der Waals surface area (Å²) in [5.41, 5.74) is 2.57. The number of methoxy groups -OCH3 is 1. The van der Waals surface area contributed by atoms with Crippen molar-refractivity contribution in [3.05, 3.63) is 48.5 Å². The van der Waals surface area contributed by atoms with Crippen LogP contribution in [0.15, 0.2) is 48.5 Å². The van der Waals surface area contributed by atoms with Crippen LogP contribution in [0.3, 0.4) is 0 Å². The summed E-state index contributed by atoms with van der Waals surface area (Å²) >= 11 is 0. The Bertz CT molecular complexity index is 680. The molecule has 3 aromatic rings. The Balaban J connectivity index is 2.07. The van der Waals surface area contributed by atoms with E-state index in [0.717, 1.165) is 22.3 Å². The van der Waals surface area contributed by atoms with E-state index in [4.69, 9.17) is 4.74 Å². The number of hydrogen-bond donors (Lipinski definition) is 0. The second kappa shape index (κ2) is 4.41. The predicted molar refractivity (Wildman–Crippen MR) is 69.3 cm³/mol. The normalized spacial score (nSPS) is 10.5. The maximum atomic E-state index is 5.12. The number of ether oxygens (including phenoxy) is 1. The molecule has 0 N–H and O–H groups in total. The molecule has 0 aliphatic heterocycles. The fraction of sp³-hybridized carbons (Fsp3) is 0.0714. The van der Waals surface area contributed by atoms with Crippen LogP contribution in [0, 0.1) is 0 Å². The molecule has 0 amide bonds. The van der Waals surface area contributed by atoms with Crippen LogP contribution in [0.5, 0.6) is 5.75 Å². The second-order valence-corrected chi connectivity index (χ2v) is 3.85. The van der Waals surface area contributed by atoms with E-state index >= 15 is 0 Å². The van der Waals surface area contributed by atoms with E-state index in [1.807, 2.05) is 48.5 Å². The Morgan fingerprint density at radius 1 is 0.833 bits per heavy atom. The smallest absolute Gasteiger partial charge is 0.182 e. The molecule has 0 aliphatic rings. The zero-order chi connectivity index (χ0) is 12.4. The number of nitrogens with zero attached hydrogens (tertiary/aromatic N) is 3. The molecule has 0 saturated carbocycles. The lowest BCUT2D eigenvalue weighted by Gasteiger charge is -2.02. The highest BCUT2D eigenvalue weighted by atomic mass is 16.5. The zero-order valence-corrected chi connectivity index (χ0v) is 9.87. The van der Waals surface area contributed by atoms with Crippen molar-refractivity contribution in [2.24, 2.45) is 0 Å². The van der Waals surface area contributed by atoms with Crippen molar-refractivity contribution in [1.82, 2.24) is 15.2 Å². The highest BCUT2D eigenvalue weighted by Gasteiger charge is 2.04. The molecule has 2 aromatic carbocycles. The molecule has 4 heteroatoms. The van der Waals surface area contributed by atoms with Crippen LogP contribution in [0.2, 0.25) is 0 Å². The summed E-state index contributed by atoms with van der Waals surface area (Å²) in [7, 11) is 1.64. The summed E-state index contributed by atoms with van der Waals surface area (Å²) < 4.78 is 5.12. The van der Waals surface area contributed by atoms with Crippen LogP contribution in [-0.4, -0.2) is 22.3 Å². The SMILES string of the molecule is COc1ccc(-c2nnc3ccccc3n2)cc1. The summed E-state index contributed by atoms with van der Waals surface area (Å²) in [6.45, 7) is 0. The summed E-state index contributed by atoms with van der Waals surface area (Å²) in [5.74, 6) is 1.43. The molecule has 0 unspecified atom stereocenters.